The Morgan fingerprint density at radius 1 is 0.850 bits per heavy atom. The maximum atomic E-state index is 11.8. The first-order valence-corrected chi connectivity index (χ1v) is 9.32. The van der Waals surface area contributed by atoms with Crippen LogP contribution in [0.2, 0.25) is 0 Å². The van der Waals surface area contributed by atoms with Gasteiger partial charge in [0, 0.05) is 0 Å². The fraction of sp³-hybridized carbons (Fsp3) is 0.176. The molecule has 0 spiro atoms. The molecule has 3 rings (SSSR count). The summed E-state index contributed by atoms with van der Waals surface area (Å²) in [7, 11) is 0. The molecule has 2 nitrogen and oxygen atoms in total. The quantitative estimate of drug-likeness (QED) is 0.832. The minimum atomic E-state index is -3.31. The molecule has 0 aliphatic carbocycles. The van der Waals surface area contributed by atoms with Gasteiger partial charge in [-0.1, -0.05) is 0 Å². The summed E-state index contributed by atoms with van der Waals surface area (Å²) >= 11 is 0. The van der Waals surface area contributed by atoms with Crippen LogP contribution >= 0.6 is 6.83 Å². The third kappa shape index (κ3) is 2.01. The molecule has 0 saturated heterocycles. The molecule has 2 aromatic rings. The Balaban J connectivity index is 2.27. The van der Waals surface area contributed by atoms with Gasteiger partial charge in [-0.25, -0.2) is 0 Å². The zero-order valence-electron chi connectivity index (χ0n) is 11.3. The molecule has 1 unspecified atom stereocenters. The van der Waals surface area contributed by atoms with Crippen molar-refractivity contribution in [3.8, 4) is 0 Å². The Labute approximate surface area is 119 Å². The molecule has 20 heavy (non-hydrogen) atoms. The van der Waals surface area contributed by atoms with Crippen molar-refractivity contribution in [1.82, 2.24) is 0 Å². The molecule has 1 heterocycles. The molecule has 1 atom stereocenters. The van der Waals surface area contributed by atoms with Gasteiger partial charge in [0.05, 0.1) is 0 Å². The summed E-state index contributed by atoms with van der Waals surface area (Å²) < 4.78 is 0. The van der Waals surface area contributed by atoms with E-state index in [2.05, 4.69) is 0 Å². The average molecular weight is 286 g/mol. The minimum absolute atomic E-state index is 0.454. The predicted molar refractivity (Wildman–Crippen MR) is 85.9 cm³/mol. The van der Waals surface area contributed by atoms with E-state index >= 15 is 0 Å². The zero-order chi connectivity index (χ0) is 14.1. The van der Waals surface area contributed by atoms with E-state index < -0.39 is 12.9 Å². The molecule has 0 amide bonds. The topological polar surface area (TPSA) is 40.5 Å². The van der Waals surface area contributed by atoms with E-state index in [1.54, 1.807) is 6.08 Å². The molecule has 104 valence electrons. The number of hydrogen-bond donors (Lipinski definition) is 2. The summed E-state index contributed by atoms with van der Waals surface area (Å²) in [6.07, 6.45) is 2.48. The van der Waals surface area contributed by atoms with Crippen LogP contribution in [0, 0.1) is 0 Å². The third-order valence-electron chi connectivity index (χ3n) is 4.17. The number of rotatable bonds is 2. The van der Waals surface area contributed by atoms with Crippen LogP contribution in [0.4, 0.5) is 0 Å². The van der Waals surface area contributed by atoms with E-state index in [4.69, 9.17) is 0 Å². The van der Waals surface area contributed by atoms with E-state index in [9.17, 15) is 10.00 Å². The van der Waals surface area contributed by atoms with E-state index in [1.165, 1.54) is 0 Å². The van der Waals surface area contributed by atoms with Gasteiger partial charge < -0.3 is 0 Å². The second-order valence-corrected chi connectivity index (χ2v) is 9.85. The molecule has 0 fully saturated rings. The fourth-order valence-electron chi connectivity index (χ4n) is 2.95. The Hall–Kier alpha value is -1.47. The molecule has 0 saturated carbocycles. The SMILES string of the molecule is OC1C=CP(O)(c2ccccc2)(c2ccccc2)CC1. The van der Waals surface area contributed by atoms with Gasteiger partial charge >= 0.3 is 119 Å². The standard InChI is InChI=1S/C17H19O2P/c18-15-11-13-20(19,14-12-15,16-7-3-1-4-8-16)17-9-5-2-6-10-17/h1-11,13,15,18-19H,12,14H2. The molecule has 2 aromatic carbocycles. The van der Waals surface area contributed by atoms with Crippen LogP contribution in [0.3, 0.4) is 0 Å². The van der Waals surface area contributed by atoms with E-state index in [0.717, 1.165) is 10.6 Å². The molecule has 0 aromatic heterocycles. The predicted octanol–water partition coefficient (Wildman–Crippen LogP) is 2.38. The van der Waals surface area contributed by atoms with Gasteiger partial charge in [0.15, 0.2) is 0 Å². The van der Waals surface area contributed by atoms with Gasteiger partial charge in [-0.3, -0.25) is 0 Å². The molecule has 3 heteroatoms. The van der Waals surface area contributed by atoms with E-state index in [-0.39, 0.29) is 0 Å². The van der Waals surface area contributed by atoms with Gasteiger partial charge in [-0.05, 0) is 0 Å². The van der Waals surface area contributed by atoms with Crippen molar-refractivity contribution >= 4 is 17.4 Å². The normalized spacial score (nSPS) is 25.5. The molecule has 1 aliphatic heterocycles. The first kappa shape index (κ1) is 13.5. The van der Waals surface area contributed by atoms with Crippen LogP contribution in [0.15, 0.2) is 72.6 Å². The zero-order valence-corrected chi connectivity index (χ0v) is 12.2. The summed E-state index contributed by atoms with van der Waals surface area (Å²) in [4.78, 5) is 11.8. The van der Waals surface area contributed by atoms with Crippen molar-refractivity contribution in [3.63, 3.8) is 0 Å². The van der Waals surface area contributed by atoms with Crippen molar-refractivity contribution in [1.29, 1.82) is 0 Å². The molecule has 2 N–H and O–H groups in total. The van der Waals surface area contributed by atoms with Crippen LogP contribution in [-0.4, -0.2) is 22.3 Å². The molecular formula is C17H19O2P. The van der Waals surface area contributed by atoms with Gasteiger partial charge in [-0.15, -0.1) is 0 Å². The van der Waals surface area contributed by atoms with Gasteiger partial charge in [-0.2, -0.15) is 0 Å². The summed E-state index contributed by atoms with van der Waals surface area (Å²) in [5.41, 5.74) is 0. The van der Waals surface area contributed by atoms with Crippen molar-refractivity contribution < 1.29 is 10.00 Å². The van der Waals surface area contributed by atoms with Crippen molar-refractivity contribution in [2.45, 2.75) is 12.5 Å². The first-order chi connectivity index (χ1) is 9.62. The van der Waals surface area contributed by atoms with Crippen LogP contribution in [0.25, 0.3) is 0 Å². The Kier molecular flexibility index (Phi) is 3.25. The number of aliphatic hydroxyl groups is 1. The average Bonchev–Trinajstić information content (AvgIpc) is 2.53. The molecule has 1 aliphatic rings. The maximum absolute atomic E-state index is 11.8. The van der Waals surface area contributed by atoms with Crippen LogP contribution in [0.5, 0.6) is 0 Å². The van der Waals surface area contributed by atoms with Gasteiger partial charge in [0.2, 0.25) is 0 Å². The van der Waals surface area contributed by atoms with Crippen molar-refractivity contribution in [2.24, 2.45) is 0 Å². The van der Waals surface area contributed by atoms with Gasteiger partial charge in [0.1, 0.15) is 0 Å². The van der Waals surface area contributed by atoms with E-state index in [0.29, 0.717) is 12.6 Å². The number of benzene rings is 2. The summed E-state index contributed by atoms with van der Waals surface area (Å²) in [6.45, 7) is -3.31. The molecular weight excluding hydrogens is 267 g/mol. The second-order valence-electron chi connectivity index (χ2n) is 5.42. The monoisotopic (exact) mass is 286 g/mol. The van der Waals surface area contributed by atoms with Crippen LogP contribution < -0.4 is 10.6 Å². The number of hydrogen-bond acceptors (Lipinski definition) is 2. The third-order valence-corrected chi connectivity index (χ3v) is 9.05. The van der Waals surface area contributed by atoms with Crippen LogP contribution in [0.1, 0.15) is 6.42 Å². The number of aliphatic hydroxyl groups excluding tert-OH is 1. The second kappa shape index (κ2) is 4.82. The Morgan fingerprint density at radius 3 is 1.75 bits per heavy atom. The summed E-state index contributed by atoms with van der Waals surface area (Å²) in [6, 6.07) is 19.7. The van der Waals surface area contributed by atoms with Crippen LogP contribution in [-0.2, 0) is 0 Å². The van der Waals surface area contributed by atoms with Crippen molar-refractivity contribution in [3.05, 3.63) is 72.6 Å². The summed E-state index contributed by atoms with van der Waals surface area (Å²) in [5.74, 6) is 1.88. The van der Waals surface area contributed by atoms with Crippen molar-refractivity contribution in [2.75, 3.05) is 6.16 Å². The molecule has 0 bridgehead atoms. The van der Waals surface area contributed by atoms with E-state index in [1.807, 2.05) is 66.5 Å². The fourth-order valence-corrected chi connectivity index (χ4v) is 7.29. The summed E-state index contributed by atoms with van der Waals surface area (Å²) in [5, 5.41) is 11.7. The molecule has 0 radical (unpaired) electrons. The first-order valence-electron chi connectivity index (χ1n) is 6.88. The Morgan fingerprint density at radius 2 is 1.35 bits per heavy atom. The van der Waals surface area contributed by atoms with Gasteiger partial charge in [0.25, 0.3) is 0 Å². The Bertz CT molecular complexity index is 582.